The van der Waals surface area contributed by atoms with Crippen molar-refractivity contribution in [2.75, 3.05) is 0 Å². The number of aromatic nitrogens is 5. The SMILES string of the molecule is c1ccc(-c2cn3c(-c4ccc(-c5cnc(C6CC6)[nH]5)cc4)cnc3cn2)cc1. The average molecular weight is 377 g/mol. The topological polar surface area (TPSA) is 58.9 Å². The van der Waals surface area contributed by atoms with E-state index in [0.717, 1.165) is 45.2 Å². The van der Waals surface area contributed by atoms with Crippen molar-refractivity contribution >= 4 is 5.65 Å². The zero-order chi connectivity index (χ0) is 19.2. The fraction of sp³-hybridized carbons (Fsp3) is 0.125. The molecular formula is C24H19N5. The molecule has 5 nitrogen and oxygen atoms in total. The van der Waals surface area contributed by atoms with Gasteiger partial charge in [0.15, 0.2) is 5.65 Å². The third kappa shape index (κ3) is 2.91. The van der Waals surface area contributed by atoms with Crippen LogP contribution in [0.1, 0.15) is 24.6 Å². The van der Waals surface area contributed by atoms with Crippen LogP contribution < -0.4 is 0 Å². The first-order valence-electron chi connectivity index (χ1n) is 9.89. The first-order valence-corrected chi connectivity index (χ1v) is 9.89. The molecule has 140 valence electrons. The van der Waals surface area contributed by atoms with Crippen molar-refractivity contribution < 1.29 is 0 Å². The largest absolute Gasteiger partial charge is 0.342 e. The molecule has 0 saturated heterocycles. The highest BCUT2D eigenvalue weighted by Gasteiger charge is 2.26. The second-order valence-corrected chi connectivity index (χ2v) is 7.54. The molecule has 6 rings (SSSR count). The Bertz CT molecular complexity index is 1290. The zero-order valence-corrected chi connectivity index (χ0v) is 15.8. The minimum Gasteiger partial charge on any atom is -0.342 e. The number of nitrogens with zero attached hydrogens (tertiary/aromatic N) is 4. The molecule has 1 aliphatic rings. The molecule has 0 atom stereocenters. The number of rotatable bonds is 4. The summed E-state index contributed by atoms with van der Waals surface area (Å²) in [5.74, 6) is 1.75. The summed E-state index contributed by atoms with van der Waals surface area (Å²) in [5.41, 5.74) is 7.25. The molecule has 0 radical (unpaired) electrons. The van der Waals surface area contributed by atoms with E-state index in [1.807, 2.05) is 36.8 Å². The highest BCUT2D eigenvalue weighted by atomic mass is 15.0. The minimum absolute atomic E-state index is 0.633. The summed E-state index contributed by atoms with van der Waals surface area (Å²) in [6.07, 6.45) is 10.2. The van der Waals surface area contributed by atoms with E-state index >= 15 is 0 Å². The summed E-state index contributed by atoms with van der Waals surface area (Å²) in [7, 11) is 0. The van der Waals surface area contributed by atoms with E-state index in [1.165, 1.54) is 12.8 Å². The number of imidazole rings is 2. The fourth-order valence-corrected chi connectivity index (χ4v) is 3.73. The van der Waals surface area contributed by atoms with Crippen LogP contribution in [0.15, 0.2) is 79.4 Å². The van der Waals surface area contributed by atoms with Gasteiger partial charge in [0.2, 0.25) is 0 Å². The van der Waals surface area contributed by atoms with Crippen LogP contribution in [-0.2, 0) is 0 Å². The van der Waals surface area contributed by atoms with Crippen LogP contribution in [0.5, 0.6) is 0 Å². The predicted molar refractivity (Wildman–Crippen MR) is 113 cm³/mol. The van der Waals surface area contributed by atoms with E-state index in [4.69, 9.17) is 0 Å². The van der Waals surface area contributed by atoms with Crippen molar-refractivity contribution in [1.29, 1.82) is 0 Å². The third-order valence-electron chi connectivity index (χ3n) is 5.52. The Labute approximate surface area is 168 Å². The molecule has 29 heavy (non-hydrogen) atoms. The van der Waals surface area contributed by atoms with Gasteiger partial charge in [0.1, 0.15) is 5.82 Å². The molecule has 5 aromatic rings. The molecule has 0 unspecified atom stereocenters. The molecule has 1 fully saturated rings. The average Bonchev–Trinajstić information content (AvgIpc) is 3.36. The van der Waals surface area contributed by atoms with Gasteiger partial charge in [-0.15, -0.1) is 0 Å². The Hall–Kier alpha value is -3.73. The summed E-state index contributed by atoms with van der Waals surface area (Å²) in [6, 6.07) is 18.8. The molecule has 2 aromatic carbocycles. The Morgan fingerprint density at radius 1 is 0.759 bits per heavy atom. The molecule has 0 spiro atoms. The van der Waals surface area contributed by atoms with Gasteiger partial charge < -0.3 is 4.98 Å². The molecule has 3 heterocycles. The van der Waals surface area contributed by atoms with Gasteiger partial charge >= 0.3 is 0 Å². The predicted octanol–water partition coefficient (Wildman–Crippen LogP) is 5.33. The quantitative estimate of drug-likeness (QED) is 0.460. The van der Waals surface area contributed by atoms with Gasteiger partial charge in [0, 0.05) is 23.2 Å². The van der Waals surface area contributed by atoms with Crippen LogP contribution in [0.25, 0.3) is 39.4 Å². The third-order valence-corrected chi connectivity index (χ3v) is 5.52. The maximum absolute atomic E-state index is 4.57. The lowest BCUT2D eigenvalue weighted by Gasteiger charge is -2.06. The summed E-state index contributed by atoms with van der Waals surface area (Å²) < 4.78 is 2.10. The second kappa shape index (κ2) is 6.41. The first-order chi connectivity index (χ1) is 14.3. The van der Waals surface area contributed by atoms with Gasteiger partial charge in [0.25, 0.3) is 0 Å². The van der Waals surface area contributed by atoms with Crippen molar-refractivity contribution in [1.82, 2.24) is 24.3 Å². The molecule has 0 amide bonds. The molecule has 3 aromatic heterocycles. The zero-order valence-electron chi connectivity index (χ0n) is 15.8. The van der Waals surface area contributed by atoms with Crippen molar-refractivity contribution in [3.63, 3.8) is 0 Å². The Kier molecular flexibility index (Phi) is 3.59. The summed E-state index contributed by atoms with van der Waals surface area (Å²) >= 11 is 0. The summed E-state index contributed by atoms with van der Waals surface area (Å²) in [5, 5.41) is 0. The van der Waals surface area contributed by atoms with Crippen molar-refractivity contribution in [2.24, 2.45) is 0 Å². The molecule has 0 bridgehead atoms. The smallest absolute Gasteiger partial charge is 0.155 e. The van der Waals surface area contributed by atoms with Crippen LogP contribution in [0, 0.1) is 0 Å². The second-order valence-electron chi connectivity index (χ2n) is 7.54. The van der Waals surface area contributed by atoms with Crippen LogP contribution in [-0.4, -0.2) is 24.3 Å². The van der Waals surface area contributed by atoms with Crippen molar-refractivity contribution in [2.45, 2.75) is 18.8 Å². The van der Waals surface area contributed by atoms with Gasteiger partial charge in [-0.3, -0.25) is 9.38 Å². The van der Waals surface area contributed by atoms with E-state index in [0.29, 0.717) is 5.92 Å². The highest BCUT2D eigenvalue weighted by molar-refractivity contribution is 5.69. The van der Waals surface area contributed by atoms with Gasteiger partial charge in [-0.2, -0.15) is 0 Å². The van der Waals surface area contributed by atoms with E-state index in [9.17, 15) is 0 Å². The van der Waals surface area contributed by atoms with Crippen LogP contribution in [0.3, 0.4) is 0 Å². The molecule has 1 N–H and O–H groups in total. The van der Waals surface area contributed by atoms with E-state index in [1.54, 1.807) is 0 Å². The lowest BCUT2D eigenvalue weighted by molar-refractivity contribution is 0.977. The maximum Gasteiger partial charge on any atom is 0.155 e. The first kappa shape index (κ1) is 16.2. The number of benzene rings is 2. The fourth-order valence-electron chi connectivity index (χ4n) is 3.73. The lowest BCUT2D eigenvalue weighted by atomic mass is 10.1. The lowest BCUT2D eigenvalue weighted by Crippen LogP contribution is -1.93. The monoisotopic (exact) mass is 377 g/mol. The summed E-state index contributed by atoms with van der Waals surface area (Å²) in [6.45, 7) is 0. The van der Waals surface area contributed by atoms with Crippen LogP contribution >= 0.6 is 0 Å². The molecule has 5 heteroatoms. The van der Waals surface area contributed by atoms with Crippen LogP contribution in [0.2, 0.25) is 0 Å². The van der Waals surface area contributed by atoms with Crippen molar-refractivity contribution in [3.8, 4) is 33.8 Å². The van der Waals surface area contributed by atoms with Gasteiger partial charge in [-0.1, -0.05) is 54.6 Å². The minimum atomic E-state index is 0.633. The Morgan fingerprint density at radius 3 is 2.34 bits per heavy atom. The molecular weight excluding hydrogens is 358 g/mol. The summed E-state index contributed by atoms with van der Waals surface area (Å²) in [4.78, 5) is 17.1. The Morgan fingerprint density at radius 2 is 1.55 bits per heavy atom. The maximum atomic E-state index is 4.57. The molecule has 1 aliphatic carbocycles. The van der Waals surface area contributed by atoms with E-state index < -0.39 is 0 Å². The normalized spacial score (nSPS) is 13.8. The molecule has 1 saturated carbocycles. The number of fused-ring (bicyclic) bond motifs is 1. The molecule has 0 aliphatic heterocycles. The van der Waals surface area contributed by atoms with Crippen LogP contribution in [0.4, 0.5) is 0 Å². The number of hydrogen-bond donors (Lipinski definition) is 1. The Balaban J connectivity index is 1.36. The van der Waals surface area contributed by atoms with E-state index in [2.05, 4.69) is 66.9 Å². The number of H-pyrrole nitrogens is 1. The highest BCUT2D eigenvalue weighted by Crippen LogP contribution is 2.39. The van der Waals surface area contributed by atoms with Gasteiger partial charge in [-0.05, 0) is 18.4 Å². The number of hydrogen-bond acceptors (Lipinski definition) is 3. The van der Waals surface area contributed by atoms with Gasteiger partial charge in [-0.25, -0.2) is 9.97 Å². The standard InChI is InChI=1S/C24H19N5/c1-2-4-16(5-3-1)21-15-29-22(13-26-23(29)14-25-21)18-8-6-17(7-9-18)20-12-27-24(28-20)19-10-11-19/h1-9,12-15,19H,10-11H2,(H,27,28). The van der Waals surface area contributed by atoms with E-state index in [-0.39, 0.29) is 0 Å². The van der Waals surface area contributed by atoms with Gasteiger partial charge in [0.05, 0.1) is 35.7 Å². The number of nitrogens with one attached hydrogen (secondary N) is 1. The van der Waals surface area contributed by atoms with Crippen molar-refractivity contribution in [3.05, 3.63) is 85.2 Å². The number of aromatic amines is 1.